The largest absolute Gasteiger partial charge is 0.435 e. The molecule has 20 heavy (non-hydrogen) atoms. The van der Waals surface area contributed by atoms with Gasteiger partial charge in [0.25, 0.3) is 5.56 Å². The van der Waals surface area contributed by atoms with Gasteiger partial charge < -0.3 is 0 Å². The molecule has 0 fully saturated rings. The molecule has 1 aromatic heterocycles. The number of azo groups is 1. The molecule has 5 nitrogen and oxygen atoms in total. The van der Waals surface area contributed by atoms with Gasteiger partial charge in [0.2, 0.25) is 0 Å². The summed E-state index contributed by atoms with van der Waals surface area (Å²) in [5.41, 5.74) is -3.19. The second-order valence-corrected chi connectivity index (χ2v) is 4.36. The number of hydrogen-bond donors (Lipinski definition) is 2. The van der Waals surface area contributed by atoms with E-state index in [0.717, 1.165) is 0 Å². The number of halogens is 5. The molecule has 2 aromatic rings. The highest BCUT2D eigenvalue weighted by atomic mass is 35.5. The Labute approximate surface area is 119 Å². The third-order valence-corrected chi connectivity index (χ3v) is 3.03. The molecule has 0 aliphatic carbocycles. The lowest BCUT2D eigenvalue weighted by Crippen LogP contribution is -2.06. The average Bonchev–Trinajstić information content (AvgIpc) is 2.72. The van der Waals surface area contributed by atoms with Gasteiger partial charge in [0.15, 0.2) is 11.4 Å². The SMILES string of the molecule is O=c1[nH][nH]c(C(F)(F)F)c1N=Nc1cccc(Cl)c1Cl. The lowest BCUT2D eigenvalue weighted by Gasteiger charge is -2.02. The summed E-state index contributed by atoms with van der Waals surface area (Å²) in [6.07, 6.45) is -4.76. The van der Waals surface area contributed by atoms with Crippen molar-refractivity contribution in [2.45, 2.75) is 6.18 Å². The van der Waals surface area contributed by atoms with Crippen molar-refractivity contribution in [3.05, 3.63) is 44.3 Å². The van der Waals surface area contributed by atoms with Crippen LogP contribution in [0.5, 0.6) is 0 Å². The van der Waals surface area contributed by atoms with Gasteiger partial charge >= 0.3 is 6.18 Å². The smallest absolute Gasteiger partial charge is 0.292 e. The molecule has 0 unspecified atom stereocenters. The molecule has 1 heterocycles. The summed E-state index contributed by atoms with van der Waals surface area (Å²) < 4.78 is 37.8. The minimum absolute atomic E-state index is 0.0263. The Hall–Kier alpha value is -1.80. The maximum Gasteiger partial charge on any atom is 0.435 e. The van der Waals surface area contributed by atoms with E-state index in [9.17, 15) is 18.0 Å². The van der Waals surface area contributed by atoms with Crippen LogP contribution in [-0.2, 0) is 6.18 Å². The molecule has 0 aliphatic heterocycles. The number of alkyl halides is 3. The fourth-order valence-corrected chi connectivity index (χ4v) is 1.66. The highest BCUT2D eigenvalue weighted by Gasteiger charge is 2.37. The highest BCUT2D eigenvalue weighted by Crippen LogP contribution is 2.35. The summed E-state index contributed by atoms with van der Waals surface area (Å²) in [5, 5.41) is 10.5. The third-order valence-electron chi connectivity index (χ3n) is 2.23. The van der Waals surface area contributed by atoms with Crippen LogP contribution >= 0.6 is 23.2 Å². The molecule has 0 amide bonds. The van der Waals surface area contributed by atoms with Crippen LogP contribution in [0.2, 0.25) is 10.0 Å². The van der Waals surface area contributed by atoms with Gasteiger partial charge in [0.1, 0.15) is 5.69 Å². The van der Waals surface area contributed by atoms with E-state index in [1.54, 1.807) is 10.2 Å². The highest BCUT2D eigenvalue weighted by molar-refractivity contribution is 6.43. The summed E-state index contributed by atoms with van der Waals surface area (Å²) in [4.78, 5) is 11.3. The van der Waals surface area contributed by atoms with Crippen LogP contribution in [-0.4, -0.2) is 10.2 Å². The first kappa shape index (κ1) is 14.6. The van der Waals surface area contributed by atoms with Crippen LogP contribution in [0.4, 0.5) is 24.5 Å². The van der Waals surface area contributed by atoms with E-state index < -0.39 is 23.1 Å². The number of benzene rings is 1. The van der Waals surface area contributed by atoms with E-state index >= 15 is 0 Å². The van der Waals surface area contributed by atoms with Crippen molar-refractivity contribution in [2.24, 2.45) is 10.2 Å². The van der Waals surface area contributed by atoms with E-state index in [1.165, 1.54) is 18.2 Å². The standard InChI is InChI=1S/C10H5Cl2F3N4O/c11-4-2-1-3-5(6(4)12)16-17-7-8(10(13,14)15)18-19-9(7)20/h1-3H,(H2,18,19,20). The predicted molar refractivity (Wildman–Crippen MR) is 67.1 cm³/mol. The Kier molecular flexibility index (Phi) is 3.87. The van der Waals surface area contributed by atoms with Crippen molar-refractivity contribution in [3.8, 4) is 0 Å². The average molecular weight is 325 g/mol. The van der Waals surface area contributed by atoms with Crippen molar-refractivity contribution < 1.29 is 13.2 Å². The molecule has 1 aromatic carbocycles. The molecule has 10 heteroatoms. The summed E-state index contributed by atoms with van der Waals surface area (Å²) in [6.45, 7) is 0. The third kappa shape index (κ3) is 2.86. The maximum absolute atomic E-state index is 12.6. The Morgan fingerprint density at radius 3 is 2.45 bits per heavy atom. The van der Waals surface area contributed by atoms with Crippen molar-refractivity contribution in [1.82, 2.24) is 10.2 Å². The van der Waals surface area contributed by atoms with Crippen LogP contribution in [0.3, 0.4) is 0 Å². The van der Waals surface area contributed by atoms with Gasteiger partial charge in [-0.3, -0.25) is 15.0 Å². The zero-order chi connectivity index (χ0) is 14.9. The van der Waals surface area contributed by atoms with Crippen molar-refractivity contribution in [1.29, 1.82) is 0 Å². The predicted octanol–water partition coefficient (Wildman–Crippen LogP) is 4.44. The van der Waals surface area contributed by atoms with Gasteiger partial charge in [-0.25, -0.2) is 0 Å². The molecule has 0 saturated carbocycles. The van der Waals surface area contributed by atoms with E-state index in [0.29, 0.717) is 0 Å². The second kappa shape index (κ2) is 5.29. The fourth-order valence-electron chi connectivity index (χ4n) is 1.33. The molecule has 0 aliphatic rings. The Morgan fingerprint density at radius 1 is 1.10 bits per heavy atom. The number of nitrogens with one attached hydrogen (secondary N) is 2. The lowest BCUT2D eigenvalue weighted by atomic mass is 10.3. The molecule has 0 atom stereocenters. The van der Waals surface area contributed by atoms with Crippen LogP contribution in [0, 0.1) is 0 Å². The number of hydrogen-bond acceptors (Lipinski definition) is 3. The zero-order valence-electron chi connectivity index (χ0n) is 9.42. The van der Waals surface area contributed by atoms with Crippen LogP contribution < -0.4 is 5.56 Å². The van der Waals surface area contributed by atoms with Crippen LogP contribution in [0.25, 0.3) is 0 Å². The summed E-state index contributed by atoms with van der Waals surface area (Å²) in [5.74, 6) is 0. The number of aromatic amines is 2. The van der Waals surface area contributed by atoms with E-state index in [1.807, 2.05) is 0 Å². The number of nitrogens with zero attached hydrogens (tertiary/aromatic N) is 2. The molecular weight excluding hydrogens is 320 g/mol. The molecule has 0 saturated heterocycles. The van der Waals surface area contributed by atoms with Crippen molar-refractivity contribution in [3.63, 3.8) is 0 Å². The van der Waals surface area contributed by atoms with E-state index in [2.05, 4.69) is 10.2 Å². The molecule has 0 bridgehead atoms. The van der Waals surface area contributed by atoms with Crippen LogP contribution in [0.15, 0.2) is 33.2 Å². The maximum atomic E-state index is 12.6. The van der Waals surface area contributed by atoms with Gasteiger partial charge in [0, 0.05) is 0 Å². The van der Waals surface area contributed by atoms with Gasteiger partial charge in [0.05, 0.1) is 10.0 Å². The number of H-pyrrole nitrogens is 2. The monoisotopic (exact) mass is 324 g/mol. The molecule has 2 N–H and O–H groups in total. The topological polar surface area (TPSA) is 73.4 Å². The molecule has 2 rings (SSSR count). The normalized spacial score (nSPS) is 12.2. The minimum Gasteiger partial charge on any atom is -0.292 e. The van der Waals surface area contributed by atoms with Crippen molar-refractivity contribution >= 4 is 34.6 Å². The number of aromatic nitrogens is 2. The first-order valence-corrected chi connectivity index (χ1v) is 5.80. The minimum atomic E-state index is -4.76. The molecule has 0 spiro atoms. The quantitative estimate of drug-likeness (QED) is 0.787. The fraction of sp³-hybridized carbons (Fsp3) is 0.100. The van der Waals surface area contributed by atoms with E-state index in [-0.39, 0.29) is 15.7 Å². The first-order valence-electron chi connectivity index (χ1n) is 5.04. The van der Waals surface area contributed by atoms with Gasteiger partial charge in [-0.15, -0.1) is 10.2 Å². The summed E-state index contributed by atoms with van der Waals surface area (Å²) in [7, 11) is 0. The van der Waals surface area contributed by atoms with Crippen molar-refractivity contribution in [2.75, 3.05) is 0 Å². The molecule has 106 valence electrons. The summed E-state index contributed by atoms with van der Waals surface area (Å²) in [6, 6.07) is 4.37. The van der Waals surface area contributed by atoms with E-state index in [4.69, 9.17) is 23.2 Å². The Balaban J connectivity index is 2.45. The summed E-state index contributed by atoms with van der Waals surface area (Å²) >= 11 is 11.5. The van der Waals surface area contributed by atoms with Gasteiger partial charge in [-0.05, 0) is 12.1 Å². The Bertz CT molecular complexity index is 720. The number of rotatable bonds is 2. The molecular formula is C10H5Cl2F3N4O. The lowest BCUT2D eigenvalue weighted by molar-refractivity contribution is -0.140. The zero-order valence-corrected chi connectivity index (χ0v) is 10.9. The Morgan fingerprint density at radius 2 is 1.80 bits per heavy atom. The van der Waals surface area contributed by atoms with Crippen LogP contribution in [0.1, 0.15) is 5.69 Å². The first-order chi connectivity index (χ1) is 9.30. The molecule has 0 radical (unpaired) electrons. The van der Waals surface area contributed by atoms with Gasteiger partial charge in [-0.2, -0.15) is 13.2 Å². The van der Waals surface area contributed by atoms with Gasteiger partial charge in [-0.1, -0.05) is 29.3 Å². The second-order valence-electron chi connectivity index (χ2n) is 3.57.